The summed E-state index contributed by atoms with van der Waals surface area (Å²) in [5, 5.41) is 2.75. The number of nitrogens with one attached hydrogen (secondary N) is 1. The van der Waals surface area contributed by atoms with E-state index in [0.717, 1.165) is 5.56 Å². The third kappa shape index (κ3) is 5.29. The standard InChI is InChI=1S/C23H21NO6S/c1-16-14-18(23(26)29-2)12-13-21(16)31(27,28)30-20-11-7-6-10-19(20)22(25)24-15-17-8-4-3-5-9-17/h3-14H,15H2,1-2H3,(H,24,25). The number of benzene rings is 3. The Morgan fingerprint density at radius 3 is 2.29 bits per heavy atom. The maximum atomic E-state index is 12.9. The first kappa shape index (κ1) is 22.0. The second-order valence-electron chi connectivity index (χ2n) is 6.67. The van der Waals surface area contributed by atoms with Crippen molar-refractivity contribution in [2.75, 3.05) is 7.11 Å². The van der Waals surface area contributed by atoms with Gasteiger partial charge in [-0.1, -0.05) is 42.5 Å². The van der Waals surface area contributed by atoms with Crippen LogP contribution in [0.5, 0.6) is 5.75 Å². The predicted octanol–water partition coefficient (Wildman–Crippen LogP) is 3.48. The van der Waals surface area contributed by atoms with E-state index >= 15 is 0 Å². The van der Waals surface area contributed by atoms with E-state index in [0.29, 0.717) is 5.56 Å². The van der Waals surface area contributed by atoms with Crippen LogP contribution in [0.15, 0.2) is 77.7 Å². The average Bonchev–Trinajstić information content (AvgIpc) is 2.77. The van der Waals surface area contributed by atoms with Crippen LogP contribution in [0.2, 0.25) is 0 Å². The Morgan fingerprint density at radius 1 is 0.935 bits per heavy atom. The number of rotatable bonds is 7. The molecule has 1 N–H and O–H groups in total. The summed E-state index contributed by atoms with van der Waals surface area (Å²) in [5.41, 5.74) is 1.53. The Balaban J connectivity index is 1.82. The number of para-hydroxylation sites is 1. The molecule has 3 rings (SSSR count). The van der Waals surface area contributed by atoms with Crippen LogP contribution in [0.1, 0.15) is 31.8 Å². The number of ether oxygens (including phenoxy) is 1. The van der Waals surface area contributed by atoms with E-state index in [1.807, 2.05) is 30.3 Å². The third-order valence-electron chi connectivity index (χ3n) is 4.49. The van der Waals surface area contributed by atoms with Crippen LogP contribution in [-0.4, -0.2) is 27.4 Å². The fraction of sp³-hybridized carbons (Fsp3) is 0.130. The van der Waals surface area contributed by atoms with E-state index in [1.54, 1.807) is 19.1 Å². The van der Waals surface area contributed by atoms with E-state index in [2.05, 4.69) is 10.1 Å². The lowest BCUT2D eigenvalue weighted by Gasteiger charge is -2.13. The van der Waals surface area contributed by atoms with Gasteiger partial charge in [0.25, 0.3) is 5.91 Å². The molecule has 0 aliphatic rings. The van der Waals surface area contributed by atoms with Crippen LogP contribution < -0.4 is 9.50 Å². The second-order valence-corrected chi connectivity index (χ2v) is 8.19. The molecule has 8 heteroatoms. The molecule has 0 spiro atoms. The SMILES string of the molecule is COC(=O)c1ccc(S(=O)(=O)Oc2ccccc2C(=O)NCc2ccccc2)c(C)c1. The molecule has 0 saturated heterocycles. The van der Waals surface area contributed by atoms with E-state index in [4.69, 9.17) is 4.18 Å². The van der Waals surface area contributed by atoms with Gasteiger partial charge in [0.1, 0.15) is 4.90 Å². The Morgan fingerprint density at radius 2 is 1.61 bits per heavy atom. The maximum absolute atomic E-state index is 12.9. The second kappa shape index (κ2) is 9.44. The zero-order valence-corrected chi connectivity index (χ0v) is 17.8. The molecule has 3 aromatic rings. The lowest BCUT2D eigenvalue weighted by molar-refractivity contribution is 0.0600. The van der Waals surface area contributed by atoms with Crippen molar-refractivity contribution in [1.82, 2.24) is 5.32 Å². The Labute approximate surface area is 180 Å². The molecule has 0 aliphatic carbocycles. The number of aryl methyl sites for hydroxylation is 1. The zero-order chi connectivity index (χ0) is 22.4. The molecule has 31 heavy (non-hydrogen) atoms. The zero-order valence-electron chi connectivity index (χ0n) is 17.0. The monoisotopic (exact) mass is 439 g/mol. The van der Waals surface area contributed by atoms with Crippen molar-refractivity contribution >= 4 is 22.0 Å². The van der Waals surface area contributed by atoms with Gasteiger partial charge in [-0.25, -0.2) is 4.79 Å². The predicted molar refractivity (Wildman–Crippen MR) is 114 cm³/mol. The normalized spacial score (nSPS) is 10.9. The first-order valence-electron chi connectivity index (χ1n) is 9.36. The topological polar surface area (TPSA) is 98.8 Å². The molecule has 7 nitrogen and oxygen atoms in total. The molecule has 0 atom stereocenters. The van der Waals surface area contributed by atoms with Gasteiger partial charge in [0.05, 0.1) is 18.2 Å². The Kier molecular flexibility index (Phi) is 6.71. The van der Waals surface area contributed by atoms with E-state index in [1.165, 1.54) is 37.4 Å². The summed E-state index contributed by atoms with van der Waals surface area (Å²) in [6.07, 6.45) is 0. The van der Waals surface area contributed by atoms with Crippen molar-refractivity contribution in [3.8, 4) is 5.75 Å². The summed E-state index contributed by atoms with van der Waals surface area (Å²) in [4.78, 5) is 24.2. The van der Waals surface area contributed by atoms with Crippen molar-refractivity contribution in [3.63, 3.8) is 0 Å². The summed E-state index contributed by atoms with van der Waals surface area (Å²) >= 11 is 0. The van der Waals surface area contributed by atoms with Crippen molar-refractivity contribution in [1.29, 1.82) is 0 Å². The minimum absolute atomic E-state index is 0.0887. The van der Waals surface area contributed by atoms with Gasteiger partial charge in [0, 0.05) is 6.54 Å². The molecule has 0 aliphatic heterocycles. The highest BCUT2D eigenvalue weighted by atomic mass is 32.2. The van der Waals surface area contributed by atoms with E-state index in [-0.39, 0.29) is 28.3 Å². The molecule has 0 unspecified atom stereocenters. The number of methoxy groups -OCH3 is 1. The summed E-state index contributed by atoms with van der Waals surface area (Å²) in [6, 6.07) is 19.4. The van der Waals surface area contributed by atoms with Gasteiger partial charge < -0.3 is 14.2 Å². The van der Waals surface area contributed by atoms with Gasteiger partial charge in [0.2, 0.25) is 0 Å². The molecule has 0 saturated carbocycles. The molecule has 1 amide bonds. The molecule has 3 aromatic carbocycles. The maximum Gasteiger partial charge on any atom is 0.339 e. The number of hydrogen-bond donors (Lipinski definition) is 1. The first-order chi connectivity index (χ1) is 14.8. The smallest absolute Gasteiger partial charge is 0.339 e. The minimum atomic E-state index is -4.25. The van der Waals surface area contributed by atoms with Gasteiger partial charge in [-0.2, -0.15) is 8.42 Å². The largest absolute Gasteiger partial charge is 0.465 e. The molecule has 0 bridgehead atoms. The van der Waals surface area contributed by atoms with Crippen LogP contribution >= 0.6 is 0 Å². The first-order valence-corrected chi connectivity index (χ1v) is 10.8. The van der Waals surface area contributed by atoms with Crippen LogP contribution in [0.3, 0.4) is 0 Å². The number of carbonyl (C=O) groups is 2. The van der Waals surface area contributed by atoms with Gasteiger partial charge in [0.15, 0.2) is 5.75 Å². The number of esters is 1. The molecule has 0 fully saturated rings. The molecule has 0 heterocycles. The number of carbonyl (C=O) groups excluding carboxylic acids is 2. The quantitative estimate of drug-likeness (QED) is 0.447. The van der Waals surface area contributed by atoms with Gasteiger partial charge >= 0.3 is 16.1 Å². The van der Waals surface area contributed by atoms with Gasteiger partial charge in [-0.15, -0.1) is 0 Å². The summed E-state index contributed by atoms with van der Waals surface area (Å²) in [6.45, 7) is 1.83. The van der Waals surface area contributed by atoms with Crippen LogP contribution in [0.4, 0.5) is 0 Å². The molecule has 160 valence electrons. The van der Waals surface area contributed by atoms with E-state index in [9.17, 15) is 18.0 Å². The molecule has 0 aromatic heterocycles. The Bertz CT molecular complexity index is 1210. The van der Waals surface area contributed by atoms with Crippen molar-refractivity contribution in [3.05, 3.63) is 95.1 Å². The number of amides is 1. The van der Waals surface area contributed by atoms with Crippen molar-refractivity contribution in [2.45, 2.75) is 18.4 Å². The van der Waals surface area contributed by atoms with Gasteiger partial charge in [-0.05, 0) is 48.4 Å². The summed E-state index contributed by atoms with van der Waals surface area (Å²) < 4.78 is 35.7. The summed E-state index contributed by atoms with van der Waals surface area (Å²) in [5.74, 6) is -1.13. The number of hydrogen-bond acceptors (Lipinski definition) is 6. The van der Waals surface area contributed by atoms with E-state index < -0.39 is 22.0 Å². The summed E-state index contributed by atoms with van der Waals surface area (Å²) in [7, 11) is -3.01. The van der Waals surface area contributed by atoms with Gasteiger partial charge in [-0.3, -0.25) is 4.79 Å². The molecule has 0 radical (unpaired) electrons. The van der Waals surface area contributed by atoms with Crippen molar-refractivity contribution in [2.24, 2.45) is 0 Å². The lowest BCUT2D eigenvalue weighted by atomic mass is 10.1. The van der Waals surface area contributed by atoms with Crippen LogP contribution in [-0.2, 0) is 21.4 Å². The lowest BCUT2D eigenvalue weighted by Crippen LogP contribution is -2.24. The third-order valence-corrected chi connectivity index (χ3v) is 5.89. The highest BCUT2D eigenvalue weighted by molar-refractivity contribution is 7.87. The van der Waals surface area contributed by atoms with Crippen molar-refractivity contribution < 1.29 is 26.9 Å². The minimum Gasteiger partial charge on any atom is -0.465 e. The highest BCUT2D eigenvalue weighted by Crippen LogP contribution is 2.25. The molecular formula is C23H21NO6S. The molecular weight excluding hydrogens is 418 g/mol. The van der Waals surface area contributed by atoms with Crippen LogP contribution in [0.25, 0.3) is 0 Å². The fourth-order valence-electron chi connectivity index (χ4n) is 2.94. The van der Waals surface area contributed by atoms with Crippen LogP contribution in [0, 0.1) is 6.92 Å². The average molecular weight is 439 g/mol. The Hall–Kier alpha value is -3.65. The fourth-order valence-corrected chi connectivity index (χ4v) is 4.10. The highest BCUT2D eigenvalue weighted by Gasteiger charge is 2.23.